The molecular formula is C10H7NO2S. The summed E-state index contributed by atoms with van der Waals surface area (Å²) in [6.07, 6.45) is 2.77. The van der Waals surface area contributed by atoms with Gasteiger partial charge in [0.2, 0.25) is 0 Å². The van der Waals surface area contributed by atoms with Crippen LogP contribution in [0, 0.1) is 0 Å². The molecule has 1 aromatic carbocycles. The molecule has 2 heterocycles. The van der Waals surface area contributed by atoms with Gasteiger partial charge >= 0.3 is 0 Å². The molecule has 14 heavy (non-hydrogen) atoms. The molecule has 0 saturated carbocycles. The lowest BCUT2D eigenvalue weighted by molar-refractivity contribution is -0.0235. The summed E-state index contributed by atoms with van der Waals surface area (Å²) in [5.41, 5.74) is 3.77. The predicted molar refractivity (Wildman–Crippen MR) is 53.7 cm³/mol. The molecule has 4 heteroatoms. The second-order valence-electron chi connectivity index (χ2n) is 2.92. The van der Waals surface area contributed by atoms with E-state index in [-0.39, 0.29) is 6.29 Å². The standard InChI is InChI=1S/C10H7NO2S/c1-2-7(10-12-4-5-13-10)9-8(3-1)14-6-11-9/h1-6,10H. The van der Waals surface area contributed by atoms with Crippen LogP contribution in [-0.4, -0.2) is 4.98 Å². The van der Waals surface area contributed by atoms with Gasteiger partial charge in [-0.3, -0.25) is 0 Å². The van der Waals surface area contributed by atoms with Crippen molar-refractivity contribution in [2.24, 2.45) is 0 Å². The number of hydrogen-bond donors (Lipinski definition) is 0. The van der Waals surface area contributed by atoms with Crippen LogP contribution in [0.3, 0.4) is 0 Å². The van der Waals surface area contributed by atoms with Crippen molar-refractivity contribution in [3.05, 3.63) is 41.8 Å². The van der Waals surface area contributed by atoms with Crippen molar-refractivity contribution in [3.63, 3.8) is 0 Å². The topological polar surface area (TPSA) is 31.4 Å². The highest BCUT2D eigenvalue weighted by molar-refractivity contribution is 7.16. The molecule has 0 N–H and O–H groups in total. The number of ether oxygens (including phenoxy) is 2. The first kappa shape index (κ1) is 7.82. The van der Waals surface area contributed by atoms with Gasteiger partial charge in [-0.15, -0.1) is 11.3 Å². The maximum absolute atomic E-state index is 5.28. The Bertz CT molecular complexity index is 484. The Morgan fingerprint density at radius 1 is 1.21 bits per heavy atom. The van der Waals surface area contributed by atoms with Crippen LogP contribution >= 0.6 is 11.3 Å². The molecule has 0 fully saturated rings. The predicted octanol–water partition coefficient (Wildman–Crippen LogP) is 2.81. The highest BCUT2D eigenvalue weighted by Crippen LogP contribution is 2.30. The monoisotopic (exact) mass is 205 g/mol. The normalized spacial score (nSPS) is 15.7. The van der Waals surface area contributed by atoms with Gasteiger partial charge in [0, 0.05) is 0 Å². The quantitative estimate of drug-likeness (QED) is 0.717. The number of para-hydroxylation sites is 1. The van der Waals surface area contributed by atoms with Crippen LogP contribution in [0.25, 0.3) is 10.2 Å². The van der Waals surface area contributed by atoms with E-state index in [0.29, 0.717) is 0 Å². The third-order valence-corrected chi connectivity index (χ3v) is 2.90. The van der Waals surface area contributed by atoms with Gasteiger partial charge in [0.05, 0.1) is 21.3 Å². The Labute approximate surface area is 84.6 Å². The summed E-state index contributed by atoms with van der Waals surface area (Å²) in [4.78, 5) is 4.29. The summed E-state index contributed by atoms with van der Waals surface area (Å²) >= 11 is 1.62. The van der Waals surface area contributed by atoms with Crippen LogP contribution in [0.4, 0.5) is 0 Å². The largest absolute Gasteiger partial charge is 0.455 e. The molecule has 1 aliphatic rings. The summed E-state index contributed by atoms with van der Waals surface area (Å²) in [5, 5.41) is 0. The fraction of sp³-hybridized carbons (Fsp3) is 0.100. The Balaban J connectivity index is 2.15. The molecule has 0 amide bonds. The van der Waals surface area contributed by atoms with E-state index in [4.69, 9.17) is 9.47 Å². The molecule has 0 saturated heterocycles. The van der Waals surface area contributed by atoms with Crippen molar-refractivity contribution in [3.8, 4) is 0 Å². The first-order chi connectivity index (χ1) is 6.95. The minimum absolute atomic E-state index is 0.333. The number of hydrogen-bond acceptors (Lipinski definition) is 4. The molecular weight excluding hydrogens is 198 g/mol. The molecule has 0 unspecified atom stereocenters. The Morgan fingerprint density at radius 3 is 2.93 bits per heavy atom. The number of nitrogens with zero attached hydrogens (tertiary/aromatic N) is 1. The number of benzene rings is 1. The maximum atomic E-state index is 5.28. The third kappa shape index (κ3) is 1.08. The molecule has 0 atom stereocenters. The van der Waals surface area contributed by atoms with E-state index in [9.17, 15) is 0 Å². The molecule has 1 aromatic heterocycles. The fourth-order valence-electron chi connectivity index (χ4n) is 1.48. The summed E-state index contributed by atoms with van der Waals surface area (Å²) in [6, 6.07) is 6.00. The van der Waals surface area contributed by atoms with Crippen molar-refractivity contribution in [2.75, 3.05) is 0 Å². The average Bonchev–Trinajstić information content (AvgIpc) is 2.88. The third-order valence-electron chi connectivity index (χ3n) is 2.11. The number of fused-ring (bicyclic) bond motifs is 1. The van der Waals surface area contributed by atoms with Gasteiger partial charge in [0.25, 0.3) is 6.29 Å². The SMILES string of the molecule is C1=COC(c2cccc3scnc23)O1. The number of thiazole rings is 1. The van der Waals surface area contributed by atoms with Crippen LogP contribution in [0.2, 0.25) is 0 Å². The van der Waals surface area contributed by atoms with Crippen LogP contribution in [0.15, 0.2) is 36.2 Å². The minimum Gasteiger partial charge on any atom is -0.455 e. The molecule has 0 radical (unpaired) electrons. The number of aromatic nitrogens is 1. The fourth-order valence-corrected chi connectivity index (χ4v) is 2.20. The second-order valence-corrected chi connectivity index (χ2v) is 3.81. The molecule has 3 nitrogen and oxygen atoms in total. The van der Waals surface area contributed by atoms with E-state index < -0.39 is 0 Å². The molecule has 2 aromatic rings. The first-order valence-electron chi connectivity index (χ1n) is 4.23. The van der Waals surface area contributed by atoms with E-state index >= 15 is 0 Å². The van der Waals surface area contributed by atoms with Gasteiger partial charge in [0.15, 0.2) is 0 Å². The first-order valence-corrected chi connectivity index (χ1v) is 5.11. The van der Waals surface area contributed by atoms with Gasteiger partial charge in [-0.05, 0) is 12.1 Å². The van der Waals surface area contributed by atoms with Crippen molar-refractivity contribution in [1.29, 1.82) is 0 Å². The summed E-state index contributed by atoms with van der Waals surface area (Å²) in [6.45, 7) is 0. The van der Waals surface area contributed by atoms with E-state index in [1.807, 2.05) is 23.7 Å². The molecule has 1 aliphatic heterocycles. The van der Waals surface area contributed by atoms with Crippen molar-refractivity contribution in [2.45, 2.75) is 6.29 Å². The zero-order valence-corrected chi connectivity index (χ0v) is 8.03. The van der Waals surface area contributed by atoms with Gasteiger partial charge in [0.1, 0.15) is 12.5 Å². The van der Waals surface area contributed by atoms with Crippen molar-refractivity contribution in [1.82, 2.24) is 4.98 Å². The average molecular weight is 205 g/mol. The van der Waals surface area contributed by atoms with Crippen LogP contribution in [-0.2, 0) is 9.47 Å². The van der Waals surface area contributed by atoms with Crippen LogP contribution in [0.1, 0.15) is 11.9 Å². The van der Waals surface area contributed by atoms with Gasteiger partial charge in [-0.2, -0.15) is 0 Å². The highest BCUT2D eigenvalue weighted by atomic mass is 32.1. The number of rotatable bonds is 1. The molecule has 0 spiro atoms. The van der Waals surface area contributed by atoms with E-state index in [1.54, 1.807) is 23.9 Å². The van der Waals surface area contributed by atoms with E-state index in [1.165, 1.54) is 0 Å². The summed E-state index contributed by atoms with van der Waals surface area (Å²) in [7, 11) is 0. The zero-order chi connectivity index (χ0) is 9.38. The maximum Gasteiger partial charge on any atom is 0.268 e. The Morgan fingerprint density at radius 2 is 2.07 bits per heavy atom. The smallest absolute Gasteiger partial charge is 0.268 e. The van der Waals surface area contributed by atoms with Crippen LogP contribution < -0.4 is 0 Å². The molecule has 70 valence electrons. The Hall–Kier alpha value is -1.55. The Kier molecular flexibility index (Phi) is 1.67. The highest BCUT2D eigenvalue weighted by Gasteiger charge is 2.19. The lowest BCUT2D eigenvalue weighted by atomic mass is 10.2. The van der Waals surface area contributed by atoms with Gasteiger partial charge < -0.3 is 9.47 Å². The van der Waals surface area contributed by atoms with Crippen molar-refractivity contribution < 1.29 is 9.47 Å². The molecule has 0 aliphatic carbocycles. The van der Waals surface area contributed by atoms with Crippen LogP contribution in [0.5, 0.6) is 0 Å². The minimum atomic E-state index is -0.333. The second kappa shape index (κ2) is 2.99. The lowest BCUT2D eigenvalue weighted by Crippen LogP contribution is -1.98. The molecule has 3 rings (SSSR count). The van der Waals surface area contributed by atoms with Gasteiger partial charge in [-0.25, -0.2) is 4.98 Å². The molecule has 0 bridgehead atoms. The summed E-state index contributed by atoms with van der Waals surface area (Å²) in [5.74, 6) is 0. The summed E-state index contributed by atoms with van der Waals surface area (Å²) < 4.78 is 11.7. The van der Waals surface area contributed by atoms with Crippen molar-refractivity contribution >= 4 is 21.6 Å². The van der Waals surface area contributed by atoms with Gasteiger partial charge in [-0.1, -0.05) is 6.07 Å². The van der Waals surface area contributed by atoms with E-state index in [2.05, 4.69) is 4.98 Å². The lowest BCUT2D eigenvalue weighted by Gasteiger charge is -2.10. The zero-order valence-electron chi connectivity index (χ0n) is 7.21. The van der Waals surface area contributed by atoms with E-state index in [0.717, 1.165) is 15.8 Å².